The Balaban J connectivity index is 2.58. The van der Waals surface area contributed by atoms with Crippen molar-refractivity contribution in [3.8, 4) is 11.5 Å². The van der Waals surface area contributed by atoms with Crippen LogP contribution in [0.15, 0.2) is 6.07 Å². The van der Waals surface area contributed by atoms with Crippen LogP contribution in [0.25, 0.3) is 0 Å². The van der Waals surface area contributed by atoms with Gasteiger partial charge in [0.15, 0.2) is 11.5 Å². The van der Waals surface area contributed by atoms with E-state index in [0.29, 0.717) is 22.8 Å². The molecule has 4 nitrogen and oxygen atoms in total. The summed E-state index contributed by atoms with van der Waals surface area (Å²) < 4.78 is 5.15. The molecule has 1 aliphatic rings. The first-order chi connectivity index (χ1) is 8.95. The third-order valence-electron chi connectivity index (χ3n) is 3.75. The number of benzene rings is 1. The van der Waals surface area contributed by atoms with Crippen LogP contribution < -0.4 is 4.74 Å². The second kappa shape index (κ2) is 4.93. The number of phenols is 1. The van der Waals surface area contributed by atoms with Crippen molar-refractivity contribution in [1.82, 2.24) is 0 Å². The Bertz CT molecular complexity index is 492. The highest BCUT2D eigenvalue weighted by Crippen LogP contribution is 2.58. The first-order valence-corrected chi connectivity index (χ1v) is 6.63. The fourth-order valence-corrected chi connectivity index (χ4v) is 3.01. The second-order valence-corrected chi connectivity index (χ2v) is 5.36. The number of halogens is 1. The molecule has 0 radical (unpaired) electrons. The maximum atomic E-state index is 11.0. The molecule has 0 atom stereocenters. The molecular formula is C14H17ClO4. The summed E-state index contributed by atoms with van der Waals surface area (Å²) >= 11 is 6.34. The van der Waals surface area contributed by atoms with E-state index in [2.05, 4.69) is 0 Å². The number of ether oxygens (including phenoxy) is 1. The molecule has 104 valence electrons. The number of hydrogen-bond donors (Lipinski definition) is 2. The van der Waals surface area contributed by atoms with Gasteiger partial charge in [-0.25, -0.2) is 0 Å². The first-order valence-electron chi connectivity index (χ1n) is 6.25. The Morgan fingerprint density at radius 2 is 2.16 bits per heavy atom. The average Bonchev–Trinajstić information content (AvgIpc) is 3.09. The van der Waals surface area contributed by atoms with Gasteiger partial charge in [0.1, 0.15) is 0 Å². The van der Waals surface area contributed by atoms with Crippen molar-refractivity contribution in [2.75, 3.05) is 7.11 Å². The summed E-state index contributed by atoms with van der Waals surface area (Å²) in [6.45, 7) is 1.96. The fourth-order valence-electron chi connectivity index (χ4n) is 2.53. The molecule has 0 aromatic heterocycles. The second-order valence-electron chi connectivity index (χ2n) is 4.98. The first kappa shape index (κ1) is 14.0. The number of aryl methyl sites for hydroxylation is 1. The van der Waals surface area contributed by atoms with Gasteiger partial charge in [0, 0.05) is 11.0 Å². The van der Waals surface area contributed by atoms with Gasteiger partial charge in [-0.3, -0.25) is 4.79 Å². The normalized spacial score (nSPS) is 16.2. The standard InChI is InChI=1S/C14H17ClO4/c1-3-8-6-9(19-2)13(18)11(12(8)15)14(4-5-14)7-10(16)17/h6,18H,3-5,7H2,1-2H3,(H,16,17). The zero-order valence-corrected chi connectivity index (χ0v) is 11.8. The molecule has 1 aromatic rings. The van der Waals surface area contributed by atoms with Gasteiger partial charge in [-0.2, -0.15) is 0 Å². The largest absolute Gasteiger partial charge is 0.504 e. The number of carboxylic acids is 1. The van der Waals surface area contributed by atoms with E-state index in [1.165, 1.54) is 7.11 Å². The maximum Gasteiger partial charge on any atom is 0.304 e. The van der Waals surface area contributed by atoms with Crippen LogP contribution >= 0.6 is 11.6 Å². The highest BCUT2D eigenvalue weighted by atomic mass is 35.5. The molecule has 0 bridgehead atoms. The summed E-state index contributed by atoms with van der Waals surface area (Å²) in [5.41, 5.74) is 0.863. The number of phenolic OH excluding ortho intramolecular Hbond substituents is 1. The SMILES string of the molecule is CCc1cc(OC)c(O)c(C2(CC(=O)O)CC2)c1Cl. The van der Waals surface area contributed by atoms with Crippen LogP contribution in [0.4, 0.5) is 0 Å². The molecule has 1 saturated carbocycles. The molecule has 0 unspecified atom stereocenters. The van der Waals surface area contributed by atoms with Crippen LogP contribution in [-0.2, 0) is 16.6 Å². The Kier molecular flexibility index (Phi) is 3.63. The predicted molar refractivity (Wildman–Crippen MR) is 72.2 cm³/mol. The van der Waals surface area contributed by atoms with Crippen LogP contribution in [-0.4, -0.2) is 23.3 Å². The highest BCUT2D eigenvalue weighted by Gasteiger charge is 2.49. The minimum absolute atomic E-state index is 0.0173. The van der Waals surface area contributed by atoms with Crippen molar-refractivity contribution >= 4 is 17.6 Å². The zero-order chi connectivity index (χ0) is 14.2. The number of aromatic hydroxyl groups is 1. The topological polar surface area (TPSA) is 66.8 Å². The molecule has 5 heteroatoms. The van der Waals surface area contributed by atoms with Crippen LogP contribution in [0.3, 0.4) is 0 Å². The van der Waals surface area contributed by atoms with Gasteiger partial charge in [-0.1, -0.05) is 18.5 Å². The van der Waals surface area contributed by atoms with Crippen molar-refractivity contribution in [2.24, 2.45) is 0 Å². The van der Waals surface area contributed by atoms with Crippen LogP contribution in [0, 0.1) is 0 Å². The van der Waals surface area contributed by atoms with Gasteiger partial charge >= 0.3 is 5.97 Å². The third kappa shape index (κ3) is 2.37. The van der Waals surface area contributed by atoms with Gasteiger partial charge in [-0.15, -0.1) is 0 Å². The van der Waals surface area contributed by atoms with Crippen LogP contribution in [0.1, 0.15) is 37.3 Å². The average molecular weight is 285 g/mol. The van der Waals surface area contributed by atoms with E-state index >= 15 is 0 Å². The molecule has 1 fully saturated rings. The zero-order valence-electron chi connectivity index (χ0n) is 11.0. The number of rotatable bonds is 5. The van der Waals surface area contributed by atoms with Gasteiger partial charge in [0.05, 0.1) is 18.6 Å². The molecule has 2 rings (SSSR count). The van der Waals surface area contributed by atoms with Gasteiger partial charge < -0.3 is 14.9 Å². The van der Waals surface area contributed by atoms with Gasteiger partial charge in [-0.05, 0) is 30.9 Å². The number of aliphatic carboxylic acids is 1. The van der Waals surface area contributed by atoms with E-state index in [0.717, 1.165) is 18.4 Å². The van der Waals surface area contributed by atoms with E-state index in [4.69, 9.17) is 21.4 Å². The van der Waals surface area contributed by atoms with Crippen LogP contribution in [0.5, 0.6) is 11.5 Å². The molecule has 2 N–H and O–H groups in total. The number of methoxy groups -OCH3 is 1. The van der Waals surface area contributed by atoms with Gasteiger partial charge in [0.25, 0.3) is 0 Å². The molecule has 0 amide bonds. The molecule has 1 aliphatic carbocycles. The molecule has 0 heterocycles. The summed E-state index contributed by atoms with van der Waals surface area (Å²) in [6.07, 6.45) is 2.13. The Morgan fingerprint density at radius 1 is 1.53 bits per heavy atom. The van der Waals surface area contributed by atoms with E-state index in [9.17, 15) is 9.90 Å². The fraction of sp³-hybridized carbons (Fsp3) is 0.500. The lowest BCUT2D eigenvalue weighted by Crippen LogP contribution is -2.15. The van der Waals surface area contributed by atoms with Gasteiger partial charge in [0.2, 0.25) is 0 Å². The highest BCUT2D eigenvalue weighted by molar-refractivity contribution is 6.32. The summed E-state index contributed by atoms with van der Waals surface area (Å²) in [4.78, 5) is 11.0. The molecule has 19 heavy (non-hydrogen) atoms. The van der Waals surface area contributed by atoms with E-state index in [1.807, 2.05) is 6.92 Å². The summed E-state index contributed by atoms with van der Waals surface area (Å²) in [6, 6.07) is 1.71. The molecule has 0 saturated heterocycles. The van der Waals surface area contributed by atoms with Crippen molar-refractivity contribution in [2.45, 2.75) is 38.0 Å². The lowest BCUT2D eigenvalue weighted by Gasteiger charge is -2.20. The Labute approximate surface area is 117 Å². The third-order valence-corrected chi connectivity index (χ3v) is 4.18. The summed E-state index contributed by atoms with van der Waals surface area (Å²) in [7, 11) is 1.48. The number of carboxylic acid groups (broad SMARTS) is 1. The quantitative estimate of drug-likeness (QED) is 0.872. The van der Waals surface area contributed by atoms with Crippen molar-refractivity contribution < 1.29 is 19.7 Å². The molecule has 0 aliphatic heterocycles. The summed E-state index contributed by atoms with van der Waals surface area (Å²) in [5.74, 6) is -0.551. The minimum atomic E-state index is -0.881. The number of hydrogen-bond acceptors (Lipinski definition) is 3. The van der Waals surface area contributed by atoms with Crippen molar-refractivity contribution in [3.63, 3.8) is 0 Å². The number of carbonyl (C=O) groups is 1. The lowest BCUT2D eigenvalue weighted by molar-refractivity contribution is -0.137. The van der Waals surface area contributed by atoms with Crippen molar-refractivity contribution in [3.05, 3.63) is 22.2 Å². The monoisotopic (exact) mass is 284 g/mol. The smallest absolute Gasteiger partial charge is 0.304 e. The predicted octanol–water partition coefficient (Wildman–Crippen LogP) is 3.12. The van der Waals surface area contributed by atoms with Crippen molar-refractivity contribution in [1.29, 1.82) is 0 Å². The lowest BCUT2D eigenvalue weighted by atomic mass is 9.89. The Hall–Kier alpha value is -1.42. The molecule has 1 aromatic carbocycles. The van der Waals surface area contributed by atoms with E-state index < -0.39 is 11.4 Å². The minimum Gasteiger partial charge on any atom is -0.504 e. The molecule has 0 spiro atoms. The summed E-state index contributed by atoms with van der Waals surface area (Å²) in [5, 5.41) is 19.8. The van der Waals surface area contributed by atoms with E-state index in [1.54, 1.807) is 6.07 Å². The van der Waals surface area contributed by atoms with Crippen LogP contribution in [0.2, 0.25) is 5.02 Å². The Morgan fingerprint density at radius 3 is 2.58 bits per heavy atom. The van der Waals surface area contributed by atoms with E-state index in [-0.39, 0.29) is 12.2 Å². The maximum absolute atomic E-state index is 11.0. The molecular weight excluding hydrogens is 268 g/mol.